The van der Waals surface area contributed by atoms with Gasteiger partial charge in [0.2, 0.25) is 0 Å². The Bertz CT molecular complexity index is 1590. The van der Waals surface area contributed by atoms with Gasteiger partial charge < -0.3 is 15.0 Å². The van der Waals surface area contributed by atoms with Gasteiger partial charge in [0.25, 0.3) is 5.91 Å². The fraction of sp³-hybridized carbons (Fsp3) is 0.250. The summed E-state index contributed by atoms with van der Waals surface area (Å²) in [6, 6.07) is 4.83. The number of amides is 1. The van der Waals surface area contributed by atoms with Crippen LogP contribution in [0.25, 0.3) is 22.6 Å². The lowest BCUT2D eigenvalue weighted by Crippen LogP contribution is -2.24. The largest absolute Gasteiger partial charge is 0.478 e. The summed E-state index contributed by atoms with van der Waals surface area (Å²) in [5, 5.41) is 24.8. The van der Waals surface area contributed by atoms with E-state index < -0.39 is 35.7 Å². The summed E-state index contributed by atoms with van der Waals surface area (Å²) in [7, 11) is 3.50. The van der Waals surface area contributed by atoms with Crippen molar-refractivity contribution in [3.05, 3.63) is 59.0 Å². The van der Waals surface area contributed by atoms with E-state index in [9.17, 15) is 27.9 Å². The van der Waals surface area contributed by atoms with Crippen molar-refractivity contribution in [2.75, 3.05) is 16.8 Å². The molecular weight excluding hydrogens is 505 g/mol. The number of benzene rings is 1. The molecule has 1 aromatic carbocycles. The molecule has 1 amide bonds. The molecule has 196 valence electrons. The van der Waals surface area contributed by atoms with Crippen LogP contribution in [-0.2, 0) is 26.8 Å². The van der Waals surface area contributed by atoms with Crippen LogP contribution in [0.5, 0.6) is 0 Å². The fourth-order valence-corrected chi connectivity index (χ4v) is 4.50. The zero-order chi connectivity index (χ0) is 27.4. The first-order valence-corrected chi connectivity index (χ1v) is 11.4. The summed E-state index contributed by atoms with van der Waals surface area (Å²) < 4.78 is 44.9. The lowest BCUT2D eigenvalue weighted by molar-refractivity contribution is -0.138. The predicted octanol–water partition coefficient (Wildman–Crippen LogP) is 3.59. The van der Waals surface area contributed by atoms with Crippen LogP contribution in [0.2, 0.25) is 0 Å². The molecule has 0 bridgehead atoms. The van der Waals surface area contributed by atoms with Gasteiger partial charge in [-0.05, 0) is 36.8 Å². The average molecular weight is 526 g/mol. The van der Waals surface area contributed by atoms with Crippen LogP contribution in [0.1, 0.15) is 38.8 Å². The van der Waals surface area contributed by atoms with E-state index in [1.54, 1.807) is 41.7 Å². The van der Waals surface area contributed by atoms with Crippen LogP contribution in [0.3, 0.4) is 0 Å². The average Bonchev–Trinajstić information content (AvgIpc) is 3.54. The van der Waals surface area contributed by atoms with Gasteiger partial charge in [0, 0.05) is 31.8 Å². The van der Waals surface area contributed by atoms with Crippen LogP contribution < -0.4 is 10.2 Å². The number of hydrogen-bond acceptors (Lipinski definition) is 7. The summed E-state index contributed by atoms with van der Waals surface area (Å²) in [6.45, 7) is 1.92. The van der Waals surface area contributed by atoms with Gasteiger partial charge in [-0.2, -0.15) is 18.3 Å². The van der Waals surface area contributed by atoms with Crippen LogP contribution in [0, 0.1) is 0 Å². The first-order chi connectivity index (χ1) is 18.0. The van der Waals surface area contributed by atoms with E-state index in [2.05, 4.69) is 25.6 Å². The van der Waals surface area contributed by atoms with E-state index >= 15 is 0 Å². The number of pyridine rings is 1. The molecule has 1 aliphatic rings. The van der Waals surface area contributed by atoms with Gasteiger partial charge in [-0.25, -0.2) is 9.78 Å². The van der Waals surface area contributed by atoms with Crippen LogP contribution in [0.15, 0.2) is 36.8 Å². The van der Waals surface area contributed by atoms with Gasteiger partial charge >= 0.3 is 12.1 Å². The van der Waals surface area contributed by atoms with Crippen LogP contribution in [-0.4, -0.2) is 53.1 Å². The summed E-state index contributed by atoms with van der Waals surface area (Å²) >= 11 is 0. The number of carboxylic acids is 1. The van der Waals surface area contributed by atoms with Crippen molar-refractivity contribution in [1.29, 1.82) is 0 Å². The number of fused-ring (bicyclic) bond motifs is 1. The van der Waals surface area contributed by atoms with Crippen LogP contribution in [0.4, 0.5) is 24.8 Å². The second kappa shape index (κ2) is 8.97. The van der Waals surface area contributed by atoms with Crippen molar-refractivity contribution < 1.29 is 27.9 Å². The standard InChI is InChI=1S/C24H21F3N8O3/c1-4-28-18-7-12(20-15(9-30-34(20)3)21-32-29-11-33(21)2)8-19(31-18)35-10-16-14(22(35)36)5-13(23(37)38)6-17(16)24(25,26)27/h5-9,11H,4,10H2,1-3H3,(H,28,31)(H,37,38). The Balaban J connectivity index is 1.65. The third-order valence-corrected chi connectivity index (χ3v) is 6.20. The lowest BCUT2D eigenvalue weighted by Gasteiger charge is -2.18. The Morgan fingerprint density at radius 2 is 1.92 bits per heavy atom. The van der Waals surface area contributed by atoms with Crippen molar-refractivity contribution in [3.63, 3.8) is 0 Å². The number of halogens is 3. The summed E-state index contributed by atoms with van der Waals surface area (Å²) in [4.78, 5) is 30.4. The highest BCUT2D eigenvalue weighted by atomic mass is 19.4. The van der Waals surface area contributed by atoms with Gasteiger partial charge in [0.15, 0.2) is 5.82 Å². The van der Waals surface area contributed by atoms with Crippen LogP contribution >= 0.6 is 0 Å². The van der Waals surface area contributed by atoms with Crippen molar-refractivity contribution >= 4 is 23.5 Å². The second-order valence-corrected chi connectivity index (χ2v) is 8.67. The molecule has 14 heteroatoms. The Hall–Kier alpha value is -4.75. The number of carbonyl (C=O) groups is 2. The molecule has 0 saturated heterocycles. The minimum absolute atomic E-state index is 0.0924. The number of carbonyl (C=O) groups excluding carboxylic acids is 1. The van der Waals surface area contributed by atoms with Crippen molar-refractivity contribution in [2.24, 2.45) is 14.1 Å². The molecular formula is C24H21F3N8O3. The minimum Gasteiger partial charge on any atom is -0.478 e. The smallest absolute Gasteiger partial charge is 0.416 e. The number of aromatic nitrogens is 6. The quantitative estimate of drug-likeness (QED) is 0.390. The highest BCUT2D eigenvalue weighted by molar-refractivity contribution is 6.11. The molecule has 4 aromatic rings. The maximum absolute atomic E-state index is 13.8. The topological polar surface area (TPSA) is 131 Å². The molecule has 1 aliphatic heterocycles. The van der Waals surface area contributed by atoms with Crippen molar-refractivity contribution in [2.45, 2.75) is 19.6 Å². The van der Waals surface area contributed by atoms with Gasteiger partial charge in [-0.3, -0.25) is 14.4 Å². The molecule has 4 heterocycles. The van der Waals surface area contributed by atoms with E-state index in [1.165, 1.54) is 6.33 Å². The number of nitrogens with one attached hydrogen (secondary N) is 1. The molecule has 5 rings (SSSR count). The number of nitrogens with zero attached hydrogens (tertiary/aromatic N) is 7. The SMILES string of the molecule is CCNc1cc(-c2c(-c3nncn3C)cnn2C)cc(N2Cc3c(cc(C(=O)O)cc3C(F)(F)F)C2=O)n1. The molecule has 0 atom stereocenters. The molecule has 11 nitrogen and oxygen atoms in total. The molecule has 0 unspecified atom stereocenters. The molecule has 0 spiro atoms. The third kappa shape index (κ3) is 4.13. The molecule has 0 fully saturated rings. The fourth-order valence-electron chi connectivity index (χ4n) is 4.50. The first kappa shape index (κ1) is 24.9. The molecule has 0 saturated carbocycles. The Morgan fingerprint density at radius 3 is 2.55 bits per heavy atom. The molecule has 3 aromatic heterocycles. The van der Waals surface area contributed by atoms with Gasteiger partial charge in [-0.1, -0.05) is 0 Å². The highest BCUT2D eigenvalue weighted by Crippen LogP contribution is 2.40. The molecule has 0 radical (unpaired) electrons. The Morgan fingerprint density at radius 1 is 1.16 bits per heavy atom. The Labute approximate surface area is 213 Å². The van der Waals surface area contributed by atoms with E-state index in [1.807, 2.05) is 6.92 Å². The van der Waals surface area contributed by atoms with Gasteiger partial charge in [0.1, 0.15) is 18.0 Å². The second-order valence-electron chi connectivity index (χ2n) is 8.67. The number of hydrogen-bond donors (Lipinski definition) is 2. The zero-order valence-corrected chi connectivity index (χ0v) is 20.4. The highest BCUT2D eigenvalue weighted by Gasteiger charge is 2.41. The third-order valence-electron chi connectivity index (χ3n) is 6.20. The minimum atomic E-state index is -4.85. The first-order valence-electron chi connectivity index (χ1n) is 11.4. The summed E-state index contributed by atoms with van der Waals surface area (Å²) in [5.74, 6) is -1.33. The normalized spacial score (nSPS) is 13.2. The number of rotatable bonds is 6. The molecule has 2 N–H and O–H groups in total. The van der Waals surface area contributed by atoms with Crippen molar-refractivity contribution in [1.82, 2.24) is 29.5 Å². The van der Waals surface area contributed by atoms with E-state index in [0.717, 1.165) is 11.0 Å². The Kier molecular flexibility index (Phi) is 5.88. The van der Waals surface area contributed by atoms with E-state index in [0.29, 0.717) is 41.1 Å². The molecule has 0 aliphatic carbocycles. The van der Waals surface area contributed by atoms with Gasteiger partial charge in [0.05, 0.1) is 35.1 Å². The number of carboxylic acid groups (broad SMARTS) is 1. The van der Waals surface area contributed by atoms with E-state index in [-0.39, 0.29) is 16.9 Å². The summed E-state index contributed by atoms with van der Waals surface area (Å²) in [5.41, 5.74) is -0.562. The summed E-state index contributed by atoms with van der Waals surface area (Å²) in [6.07, 6.45) is -1.69. The predicted molar refractivity (Wildman–Crippen MR) is 130 cm³/mol. The van der Waals surface area contributed by atoms with Gasteiger partial charge in [-0.15, -0.1) is 10.2 Å². The van der Waals surface area contributed by atoms with E-state index in [4.69, 9.17) is 0 Å². The lowest BCUT2D eigenvalue weighted by atomic mass is 9.99. The maximum Gasteiger partial charge on any atom is 0.416 e. The number of aryl methyl sites for hydroxylation is 2. The zero-order valence-electron chi connectivity index (χ0n) is 20.4. The maximum atomic E-state index is 13.8. The number of aromatic carboxylic acids is 1. The molecule has 38 heavy (non-hydrogen) atoms. The number of anilines is 2. The number of alkyl halides is 3. The van der Waals surface area contributed by atoms with Crippen molar-refractivity contribution in [3.8, 4) is 22.6 Å². The monoisotopic (exact) mass is 526 g/mol.